The molecule has 1 aromatic rings. The highest BCUT2D eigenvalue weighted by molar-refractivity contribution is 6.30. The minimum Gasteiger partial charge on any atom is -0.493 e. The zero-order valence-corrected chi connectivity index (χ0v) is 12.7. The van der Waals surface area contributed by atoms with Gasteiger partial charge in [-0.25, -0.2) is 0 Å². The van der Waals surface area contributed by atoms with E-state index in [4.69, 9.17) is 26.8 Å². The van der Waals surface area contributed by atoms with Gasteiger partial charge in [-0.1, -0.05) is 11.6 Å². The van der Waals surface area contributed by atoms with Crippen molar-refractivity contribution < 1.29 is 9.47 Å². The molecule has 6 heteroatoms. The third-order valence-electron chi connectivity index (χ3n) is 2.59. The Morgan fingerprint density at radius 1 is 1.40 bits per heavy atom. The van der Waals surface area contributed by atoms with Gasteiger partial charge >= 0.3 is 0 Å². The van der Waals surface area contributed by atoms with Crippen LogP contribution in [0.2, 0.25) is 5.02 Å². The molecular formula is C14H22ClN3O2. The van der Waals surface area contributed by atoms with Crippen LogP contribution in [0.5, 0.6) is 5.75 Å². The number of nitrogens with two attached hydrogens (primary N) is 1. The molecule has 0 atom stereocenters. The van der Waals surface area contributed by atoms with Gasteiger partial charge in [-0.05, 0) is 30.7 Å². The molecule has 0 aliphatic heterocycles. The fraction of sp³-hybridized carbons (Fsp3) is 0.500. The number of rotatable bonds is 8. The van der Waals surface area contributed by atoms with E-state index in [2.05, 4.69) is 10.3 Å². The minimum atomic E-state index is 0.435. The van der Waals surface area contributed by atoms with E-state index >= 15 is 0 Å². The topological polar surface area (TPSA) is 68.9 Å². The van der Waals surface area contributed by atoms with Gasteiger partial charge in [0, 0.05) is 31.6 Å². The summed E-state index contributed by atoms with van der Waals surface area (Å²) in [4.78, 5) is 4.19. The normalized spacial score (nSPS) is 11.4. The average Bonchev–Trinajstić information content (AvgIpc) is 2.41. The summed E-state index contributed by atoms with van der Waals surface area (Å²) in [5.74, 6) is 1.29. The Kier molecular flexibility index (Phi) is 7.84. The predicted octanol–water partition coefficient (Wildman–Crippen LogP) is 1.97. The number of ether oxygens (including phenoxy) is 2. The molecule has 0 saturated carbocycles. The van der Waals surface area contributed by atoms with Crippen LogP contribution in [0.1, 0.15) is 12.0 Å². The van der Waals surface area contributed by atoms with Gasteiger partial charge in [0.25, 0.3) is 0 Å². The van der Waals surface area contributed by atoms with Gasteiger partial charge in [0.05, 0.1) is 13.2 Å². The van der Waals surface area contributed by atoms with Gasteiger partial charge < -0.3 is 20.5 Å². The van der Waals surface area contributed by atoms with Gasteiger partial charge in [0.15, 0.2) is 5.96 Å². The number of nitrogens with one attached hydrogen (secondary N) is 1. The van der Waals surface area contributed by atoms with Crippen molar-refractivity contribution >= 4 is 17.6 Å². The van der Waals surface area contributed by atoms with Crippen molar-refractivity contribution in [3.63, 3.8) is 0 Å². The second-order valence-electron chi connectivity index (χ2n) is 4.30. The summed E-state index contributed by atoms with van der Waals surface area (Å²) < 4.78 is 10.6. The summed E-state index contributed by atoms with van der Waals surface area (Å²) in [6.45, 7) is 4.45. The first-order valence-corrected chi connectivity index (χ1v) is 6.93. The van der Waals surface area contributed by atoms with Crippen LogP contribution in [0.25, 0.3) is 0 Å². The van der Waals surface area contributed by atoms with Crippen LogP contribution in [0.3, 0.4) is 0 Å². The van der Waals surface area contributed by atoms with Crippen LogP contribution in [0.15, 0.2) is 23.2 Å². The van der Waals surface area contributed by atoms with E-state index in [1.165, 1.54) is 0 Å². The first-order valence-electron chi connectivity index (χ1n) is 6.55. The molecular weight excluding hydrogens is 278 g/mol. The van der Waals surface area contributed by atoms with Crippen molar-refractivity contribution in [2.24, 2.45) is 10.7 Å². The molecule has 1 rings (SSSR count). The van der Waals surface area contributed by atoms with Crippen LogP contribution in [-0.4, -0.2) is 39.4 Å². The van der Waals surface area contributed by atoms with Crippen LogP contribution < -0.4 is 15.8 Å². The first kappa shape index (κ1) is 16.6. The van der Waals surface area contributed by atoms with Gasteiger partial charge in [0.1, 0.15) is 5.75 Å². The highest BCUT2D eigenvalue weighted by Gasteiger charge is 1.99. The Morgan fingerprint density at radius 2 is 2.20 bits per heavy atom. The molecule has 0 saturated heterocycles. The second-order valence-corrected chi connectivity index (χ2v) is 4.73. The Labute approximate surface area is 125 Å². The van der Waals surface area contributed by atoms with E-state index < -0.39 is 0 Å². The van der Waals surface area contributed by atoms with Gasteiger partial charge in [-0.15, -0.1) is 0 Å². The lowest BCUT2D eigenvalue weighted by atomic mass is 10.2. The minimum absolute atomic E-state index is 0.435. The number of nitrogens with zero attached hydrogens (tertiary/aromatic N) is 1. The third kappa shape index (κ3) is 6.63. The number of aryl methyl sites for hydroxylation is 1. The standard InChI is InChI=1S/C14H22ClN3O2/c1-11-10-12(15)4-5-13(11)20-8-3-6-17-14(16)18-7-9-19-2/h4-5,10H,3,6-9H2,1-2H3,(H3,16,17,18). The fourth-order valence-corrected chi connectivity index (χ4v) is 1.78. The zero-order chi connectivity index (χ0) is 14.8. The Hall–Kier alpha value is -1.46. The monoisotopic (exact) mass is 299 g/mol. The summed E-state index contributed by atoms with van der Waals surface area (Å²) in [7, 11) is 1.64. The molecule has 3 N–H and O–H groups in total. The molecule has 0 aliphatic carbocycles. The SMILES string of the molecule is COCCNC(N)=NCCCOc1ccc(Cl)cc1C. The summed E-state index contributed by atoms with van der Waals surface area (Å²) in [5.41, 5.74) is 6.71. The molecule has 0 radical (unpaired) electrons. The Balaban J connectivity index is 2.19. The smallest absolute Gasteiger partial charge is 0.188 e. The van der Waals surface area contributed by atoms with Crippen molar-refractivity contribution in [1.82, 2.24) is 5.32 Å². The van der Waals surface area contributed by atoms with Gasteiger partial charge in [0.2, 0.25) is 0 Å². The maximum absolute atomic E-state index is 5.88. The molecule has 0 unspecified atom stereocenters. The van der Waals surface area contributed by atoms with Crippen molar-refractivity contribution in [2.45, 2.75) is 13.3 Å². The number of methoxy groups -OCH3 is 1. The van der Waals surface area contributed by atoms with E-state index in [0.29, 0.717) is 37.3 Å². The van der Waals surface area contributed by atoms with E-state index in [-0.39, 0.29) is 0 Å². The fourth-order valence-electron chi connectivity index (χ4n) is 1.56. The number of guanidine groups is 1. The molecule has 1 aromatic carbocycles. The van der Waals surface area contributed by atoms with Gasteiger partial charge in [-0.2, -0.15) is 0 Å². The van der Waals surface area contributed by atoms with Crippen LogP contribution in [0, 0.1) is 6.92 Å². The molecule has 20 heavy (non-hydrogen) atoms. The lowest BCUT2D eigenvalue weighted by Gasteiger charge is -2.09. The molecule has 0 fully saturated rings. The molecule has 0 heterocycles. The maximum atomic E-state index is 5.88. The third-order valence-corrected chi connectivity index (χ3v) is 2.83. The zero-order valence-electron chi connectivity index (χ0n) is 12.0. The number of benzene rings is 1. The van der Waals surface area contributed by atoms with E-state index in [1.807, 2.05) is 25.1 Å². The van der Waals surface area contributed by atoms with Crippen LogP contribution in [-0.2, 0) is 4.74 Å². The largest absolute Gasteiger partial charge is 0.493 e. The predicted molar refractivity (Wildman–Crippen MR) is 82.7 cm³/mol. The Morgan fingerprint density at radius 3 is 2.90 bits per heavy atom. The van der Waals surface area contributed by atoms with Crippen molar-refractivity contribution in [3.05, 3.63) is 28.8 Å². The highest BCUT2D eigenvalue weighted by Crippen LogP contribution is 2.21. The van der Waals surface area contributed by atoms with Crippen molar-refractivity contribution in [1.29, 1.82) is 0 Å². The number of aliphatic imine (C=N–C) groups is 1. The molecule has 0 aromatic heterocycles. The van der Waals surface area contributed by atoms with Crippen molar-refractivity contribution in [3.8, 4) is 5.75 Å². The summed E-state index contributed by atoms with van der Waals surface area (Å²) >= 11 is 5.88. The molecule has 0 spiro atoms. The molecule has 112 valence electrons. The molecule has 5 nitrogen and oxygen atoms in total. The maximum Gasteiger partial charge on any atom is 0.188 e. The summed E-state index contributed by atoms with van der Waals surface area (Å²) in [6.07, 6.45) is 0.800. The van der Waals surface area contributed by atoms with E-state index in [9.17, 15) is 0 Å². The second kappa shape index (κ2) is 9.44. The first-order chi connectivity index (χ1) is 9.63. The molecule has 0 aliphatic rings. The molecule has 0 bridgehead atoms. The summed E-state index contributed by atoms with van der Waals surface area (Å²) in [5, 5.41) is 3.67. The molecule has 0 amide bonds. The van der Waals surface area contributed by atoms with E-state index in [1.54, 1.807) is 7.11 Å². The lowest BCUT2D eigenvalue weighted by molar-refractivity contribution is 0.204. The number of hydrogen-bond donors (Lipinski definition) is 2. The quantitative estimate of drug-likeness (QED) is 0.437. The summed E-state index contributed by atoms with van der Waals surface area (Å²) in [6, 6.07) is 5.58. The Bertz CT molecular complexity index is 438. The van der Waals surface area contributed by atoms with Crippen LogP contribution in [0.4, 0.5) is 0 Å². The number of halogens is 1. The highest BCUT2D eigenvalue weighted by atomic mass is 35.5. The van der Waals surface area contributed by atoms with Gasteiger partial charge in [-0.3, -0.25) is 4.99 Å². The van der Waals surface area contributed by atoms with Crippen molar-refractivity contribution in [2.75, 3.05) is 33.4 Å². The lowest BCUT2D eigenvalue weighted by Crippen LogP contribution is -2.34. The van der Waals surface area contributed by atoms with E-state index in [0.717, 1.165) is 17.7 Å². The average molecular weight is 300 g/mol. The van der Waals surface area contributed by atoms with Crippen LogP contribution >= 0.6 is 11.6 Å². The number of hydrogen-bond acceptors (Lipinski definition) is 3.